The minimum atomic E-state index is 0.0125. The van der Waals surface area contributed by atoms with E-state index in [1.54, 1.807) is 0 Å². The number of aryl methyl sites for hydroxylation is 1. The van der Waals surface area contributed by atoms with Crippen molar-refractivity contribution < 1.29 is 4.74 Å². The fourth-order valence-corrected chi connectivity index (χ4v) is 2.95. The van der Waals surface area contributed by atoms with E-state index in [4.69, 9.17) is 16.9 Å². The Morgan fingerprint density at radius 2 is 2.17 bits per heavy atom. The van der Waals surface area contributed by atoms with Crippen LogP contribution in [0.3, 0.4) is 0 Å². The monoisotopic (exact) mass is 308 g/mol. The van der Waals surface area contributed by atoms with E-state index in [1.807, 2.05) is 31.2 Å². The van der Waals surface area contributed by atoms with Crippen LogP contribution in [-0.4, -0.2) is 29.7 Å². The minimum Gasteiger partial charge on any atom is -0.379 e. The molecular formula is C18H20N4O. The van der Waals surface area contributed by atoms with E-state index in [0.29, 0.717) is 6.61 Å². The van der Waals surface area contributed by atoms with Gasteiger partial charge >= 0.3 is 0 Å². The lowest BCUT2D eigenvalue weighted by Gasteiger charge is -2.31. The molecule has 1 aliphatic rings. The molecule has 23 heavy (non-hydrogen) atoms. The summed E-state index contributed by atoms with van der Waals surface area (Å²) in [7, 11) is 0. The minimum absolute atomic E-state index is 0.0125. The van der Waals surface area contributed by atoms with E-state index in [-0.39, 0.29) is 12.0 Å². The first-order valence-electron chi connectivity index (χ1n) is 7.70. The second-order valence-electron chi connectivity index (χ2n) is 5.59. The Bertz CT molecular complexity index is 718. The van der Waals surface area contributed by atoms with E-state index in [9.17, 15) is 0 Å². The third-order valence-corrected chi connectivity index (χ3v) is 3.97. The molecule has 1 fully saturated rings. The number of nitrogen functional groups attached to an aromatic ring is 1. The van der Waals surface area contributed by atoms with Crippen molar-refractivity contribution in [3.8, 4) is 12.3 Å². The van der Waals surface area contributed by atoms with Crippen LogP contribution in [0, 0.1) is 19.3 Å². The molecule has 1 aromatic heterocycles. The quantitative estimate of drug-likeness (QED) is 0.863. The topological polar surface area (TPSA) is 64.3 Å². The van der Waals surface area contributed by atoms with Crippen molar-refractivity contribution in [2.75, 3.05) is 30.4 Å². The normalized spacial score (nSPS) is 18.3. The highest BCUT2D eigenvalue weighted by atomic mass is 16.5. The lowest BCUT2D eigenvalue weighted by molar-refractivity contribution is 0.134. The van der Waals surface area contributed by atoms with Crippen molar-refractivity contribution in [3.05, 3.63) is 47.2 Å². The molecule has 0 amide bonds. The third-order valence-electron chi connectivity index (χ3n) is 3.97. The first-order chi connectivity index (χ1) is 11.2. The van der Waals surface area contributed by atoms with Crippen LogP contribution in [0.15, 0.2) is 30.3 Å². The van der Waals surface area contributed by atoms with E-state index < -0.39 is 0 Å². The molecule has 5 heteroatoms. The zero-order chi connectivity index (χ0) is 16.2. The van der Waals surface area contributed by atoms with Gasteiger partial charge in [-0.15, -0.1) is 6.42 Å². The molecule has 1 atom stereocenters. The summed E-state index contributed by atoms with van der Waals surface area (Å²) in [5.74, 6) is 3.87. The van der Waals surface area contributed by atoms with Gasteiger partial charge in [-0.1, -0.05) is 24.1 Å². The summed E-state index contributed by atoms with van der Waals surface area (Å²) in [6.45, 7) is 4.05. The Labute approximate surface area is 136 Å². The summed E-state index contributed by atoms with van der Waals surface area (Å²) in [6.07, 6.45) is 6.60. The maximum absolute atomic E-state index is 5.83. The van der Waals surface area contributed by atoms with Crippen LogP contribution in [0.5, 0.6) is 0 Å². The fraction of sp³-hybridized carbons (Fsp3) is 0.333. The number of hydrogen-bond acceptors (Lipinski definition) is 5. The Morgan fingerprint density at radius 3 is 2.96 bits per heavy atom. The van der Waals surface area contributed by atoms with Crippen LogP contribution in [0.2, 0.25) is 0 Å². The van der Waals surface area contributed by atoms with Crippen molar-refractivity contribution in [3.63, 3.8) is 0 Å². The maximum atomic E-state index is 5.83. The van der Waals surface area contributed by atoms with Gasteiger partial charge in [0, 0.05) is 30.5 Å². The third kappa shape index (κ3) is 3.27. The van der Waals surface area contributed by atoms with E-state index >= 15 is 0 Å². The summed E-state index contributed by atoms with van der Waals surface area (Å²) in [4.78, 5) is 10.8. The standard InChI is InChI=1S/C18H20N4O/c1-3-14-7-4-5-8-15(14)16-12-23-10-6-9-22(16)17-11-13(2)20-18(19)21-17/h1,4-5,7-8,11,16H,6,9-10,12H2,2H3,(H2,19,20,21). The smallest absolute Gasteiger partial charge is 0.222 e. The summed E-state index contributed by atoms with van der Waals surface area (Å²) >= 11 is 0. The van der Waals surface area contributed by atoms with Crippen molar-refractivity contribution in [1.82, 2.24) is 9.97 Å². The highest BCUT2D eigenvalue weighted by Crippen LogP contribution is 2.30. The van der Waals surface area contributed by atoms with Crippen molar-refractivity contribution in [2.24, 2.45) is 0 Å². The SMILES string of the molecule is C#Cc1ccccc1C1COCCCN1c1cc(C)nc(N)n1. The predicted octanol–water partition coefficient (Wildman–Crippen LogP) is 2.32. The molecular weight excluding hydrogens is 288 g/mol. The number of terminal acetylenes is 1. The van der Waals surface area contributed by atoms with Gasteiger partial charge in [-0.2, -0.15) is 4.98 Å². The molecule has 2 heterocycles. The summed E-state index contributed by atoms with van der Waals surface area (Å²) in [5, 5.41) is 0. The lowest BCUT2D eigenvalue weighted by atomic mass is 9.99. The first-order valence-corrected chi connectivity index (χ1v) is 7.70. The van der Waals surface area contributed by atoms with Gasteiger partial charge in [-0.05, 0) is 25.0 Å². The van der Waals surface area contributed by atoms with Crippen LogP contribution in [-0.2, 0) is 4.74 Å². The second-order valence-corrected chi connectivity index (χ2v) is 5.59. The number of rotatable bonds is 2. The summed E-state index contributed by atoms with van der Waals surface area (Å²) in [6, 6.07) is 9.93. The van der Waals surface area contributed by atoms with Gasteiger partial charge < -0.3 is 15.4 Å². The molecule has 5 nitrogen and oxygen atoms in total. The molecule has 1 saturated heterocycles. The molecule has 1 aromatic carbocycles. The van der Waals surface area contributed by atoms with Gasteiger partial charge in [-0.25, -0.2) is 4.98 Å². The number of aromatic nitrogens is 2. The first kappa shape index (κ1) is 15.3. The van der Waals surface area contributed by atoms with Crippen LogP contribution in [0.25, 0.3) is 0 Å². The Hall–Kier alpha value is -2.58. The fourth-order valence-electron chi connectivity index (χ4n) is 2.95. The molecule has 2 aromatic rings. The van der Waals surface area contributed by atoms with Crippen LogP contribution in [0.4, 0.5) is 11.8 Å². The summed E-state index contributed by atoms with van der Waals surface area (Å²) in [5.41, 5.74) is 8.64. The number of nitrogens with two attached hydrogens (primary N) is 1. The molecule has 0 spiro atoms. The summed E-state index contributed by atoms with van der Waals surface area (Å²) < 4.78 is 5.79. The highest BCUT2D eigenvalue weighted by molar-refractivity contribution is 5.50. The zero-order valence-corrected chi connectivity index (χ0v) is 13.2. The van der Waals surface area contributed by atoms with Gasteiger partial charge in [0.05, 0.1) is 12.6 Å². The Kier molecular flexibility index (Phi) is 4.45. The second kappa shape index (κ2) is 6.67. The molecule has 3 rings (SSSR count). The van der Waals surface area contributed by atoms with Crippen LogP contribution >= 0.6 is 0 Å². The van der Waals surface area contributed by atoms with Gasteiger partial charge in [0.1, 0.15) is 5.82 Å². The lowest BCUT2D eigenvalue weighted by Crippen LogP contribution is -2.32. The van der Waals surface area contributed by atoms with Crippen LogP contribution in [0.1, 0.15) is 29.3 Å². The molecule has 118 valence electrons. The molecule has 1 unspecified atom stereocenters. The Balaban J connectivity index is 2.06. The molecule has 0 bridgehead atoms. The number of hydrogen-bond donors (Lipinski definition) is 1. The number of nitrogens with zero attached hydrogens (tertiary/aromatic N) is 3. The Morgan fingerprint density at radius 1 is 1.35 bits per heavy atom. The molecule has 2 N–H and O–H groups in total. The van der Waals surface area contributed by atoms with Crippen molar-refractivity contribution in [2.45, 2.75) is 19.4 Å². The zero-order valence-electron chi connectivity index (χ0n) is 13.2. The predicted molar refractivity (Wildman–Crippen MR) is 91.1 cm³/mol. The van der Waals surface area contributed by atoms with E-state index in [1.165, 1.54) is 0 Å². The number of ether oxygens (including phenoxy) is 1. The average molecular weight is 308 g/mol. The van der Waals surface area contributed by atoms with Gasteiger partial charge in [0.25, 0.3) is 0 Å². The maximum Gasteiger partial charge on any atom is 0.222 e. The largest absolute Gasteiger partial charge is 0.379 e. The van der Waals surface area contributed by atoms with Crippen LogP contribution < -0.4 is 10.6 Å². The highest BCUT2D eigenvalue weighted by Gasteiger charge is 2.26. The van der Waals surface area contributed by atoms with Gasteiger partial charge in [0.2, 0.25) is 5.95 Å². The number of anilines is 2. The molecule has 0 radical (unpaired) electrons. The number of benzene rings is 1. The van der Waals surface area contributed by atoms with E-state index in [2.05, 4.69) is 26.9 Å². The molecule has 0 aliphatic carbocycles. The van der Waals surface area contributed by atoms with Gasteiger partial charge in [0.15, 0.2) is 0 Å². The average Bonchev–Trinajstić information content (AvgIpc) is 2.79. The molecule has 0 saturated carbocycles. The van der Waals surface area contributed by atoms with Gasteiger partial charge in [-0.3, -0.25) is 0 Å². The molecule has 1 aliphatic heterocycles. The van der Waals surface area contributed by atoms with E-state index in [0.717, 1.165) is 42.2 Å². The van der Waals surface area contributed by atoms with Crippen molar-refractivity contribution in [1.29, 1.82) is 0 Å². The van der Waals surface area contributed by atoms with Crippen molar-refractivity contribution >= 4 is 11.8 Å².